The summed E-state index contributed by atoms with van der Waals surface area (Å²) in [6.07, 6.45) is 6.48. The number of nitrogens with one attached hydrogen (secondary N) is 1. The van der Waals surface area contributed by atoms with Gasteiger partial charge in [-0.25, -0.2) is 0 Å². The van der Waals surface area contributed by atoms with E-state index in [0.29, 0.717) is 0 Å². The molecule has 0 saturated carbocycles. The van der Waals surface area contributed by atoms with Gasteiger partial charge in [-0.05, 0) is 45.2 Å². The zero-order valence-electron chi connectivity index (χ0n) is 9.97. The number of nitrogens with two attached hydrogens (primary N) is 1. The predicted octanol–water partition coefficient (Wildman–Crippen LogP) is 0.942. The first-order chi connectivity index (χ1) is 7.29. The van der Waals surface area contributed by atoms with E-state index in [2.05, 4.69) is 17.1 Å². The summed E-state index contributed by atoms with van der Waals surface area (Å²) in [5, 5.41) is 3.70. The molecule has 3 nitrogen and oxygen atoms in total. The monoisotopic (exact) mass is 211 g/mol. The van der Waals surface area contributed by atoms with Gasteiger partial charge in [0.15, 0.2) is 0 Å². The summed E-state index contributed by atoms with van der Waals surface area (Å²) in [5.41, 5.74) is 6.23. The lowest BCUT2D eigenvalue weighted by molar-refractivity contribution is 0.111. The van der Waals surface area contributed by atoms with Gasteiger partial charge in [0.1, 0.15) is 0 Å². The molecule has 2 aliphatic rings. The first-order valence-electron chi connectivity index (χ1n) is 6.49. The Morgan fingerprint density at radius 2 is 2.33 bits per heavy atom. The zero-order chi connectivity index (χ0) is 10.7. The van der Waals surface area contributed by atoms with Crippen LogP contribution in [0.25, 0.3) is 0 Å². The second-order valence-corrected chi connectivity index (χ2v) is 5.20. The fraction of sp³-hybridized carbons (Fsp3) is 1.00. The molecule has 0 radical (unpaired) electrons. The van der Waals surface area contributed by atoms with Crippen LogP contribution in [0.1, 0.15) is 39.0 Å². The minimum Gasteiger partial charge on any atom is -0.329 e. The Balaban J connectivity index is 1.95. The molecular formula is C12H25N3. The highest BCUT2D eigenvalue weighted by Gasteiger charge is 2.39. The fourth-order valence-electron chi connectivity index (χ4n) is 3.14. The van der Waals surface area contributed by atoms with E-state index in [1.165, 1.54) is 45.2 Å². The van der Waals surface area contributed by atoms with E-state index in [1.54, 1.807) is 0 Å². The summed E-state index contributed by atoms with van der Waals surface area (Å²) in [7, 11) is 0. The number of piperidine rings is 1. The van der Waals surface area contributed by atoms with Gasteiger partial charge >= 0.3 is 0 Å². The van der Waals surface area contributed by atoms with Crippen LogP contribution in [0.4, 0.5) is 0 Å². The Labute approximate surface area is 93.4 Å². The van der Waals surface area contributed by atoms with Crippen molar-refractivity contribution in [2.24, 2.45) is 5.73 Å². The number of hydrogen-bond donors (Lipinski definition) is 2. The summed E-state index contributed by atoms with van der Waals surface area (Å²) in [5.74, 6) is 0. The molecule has 2 fully saturated rings. The van der Waals surface area contributed by atoms with Crippen molar-refractivity contribution in [2.75, 3.05) is 26.2 Å². The van der Waals surface area contributed by atoms with Gasteiger partial charge in [0.05, 0.1) is 0 Å². The van der Waals surface area contributed by atoms with Crippen LogP contribution in [0.3, 0.4) is 0 Å². The molecular weight excluding hydrogens is 186 g/mol. The van der Waals surface area contributed by atoms with E-state index in [4.69, 9.17) is 5.73 Å². The quantitative estimate of drug-likeness (QED) is 0.727. The minimum absolute atomic E-state index is 0.252. The Kier molecular flexibility index (Phi) is 3.65. The third-order valence-electron chi connectivity index (χ3n) is 4.14. The fourth-order valence-corrected chi connectivity index (χ4v) is 3.14. The number of fused-ring (bicyclic) bond motifs is 1. The lowest BCUT2D eigenvalue weighted by Gasteiger charge is -2.44. The highest BCUT2D eigenvalue weighted by molar-refractivity contribution is 5.00. The smallest absolute Gasteiger partial charge is 0.0331 e. The number of rotatable bonds is 4. The molecule has 2 atom stereocenters. The minimum atomic E-state index is 0.252. The van der Waals surface area contributed by atoms with Crippen molar-refractivity contribution in [3.05, 3.63) is 0 Å². The largest absolute Gasteiger partial charge is 0.329 e. The highest BCUT2D eigenvalue weighted by Crippen LogP contribution is 2.32. The second-order valence-electron chi connectivity index (χ2n) is 5.20. The second kappa shape index (κ2) is 4.81. The van der Waals surface area contributed by atoms with E-state index in [1.807, 2.05) is 0 Å². The average Bonchev–Trinajstić information content (AvgIpc) is 2.73. The molecule has 2 unspecified atom stereocenters. The highest BCUT2D eigenvalue weighted by atomic mass is 15.2. The van der Waals surface area contributed by atoms with Gasteiger partial charge in [0.25, 0.3) is 0 Å². The molecule has 15 heavy (non-hydrogen) atoms. The van der Waals surface area contributed by atoms with E-state index in [0.717, 1.165) is 19.1 Å². The Hall–Kier alpha value is -0.120. The van der Waals surface area contributed by atoms with Crippen LogP contribution in [-0.2, 0) is 0 Å². The van der Waals surface area contributed by atoms with Crippen molar-refractivity contribution < 1.29 is 0 Å². The zero-order valence-corrected chi connectivity index (χ0v) is 9.97. The maximum Gasteiger partial charge on any atom is 0.0331 e. The summed E-state index contributed by atoms with van der Waals surface area (Å²) >= 11 is 0. The van der Waals surface area contributed by atoms with E-state index < -0.39 is 0 Å². The molecule has 2 aliphatic heterocycles. The van der Waals surface area contributed by atoms with Crippen molar-refractivity contribution in [3.63, 3.8) is 0 Å². The van der Waals surface area contributed by atoms with Gasteiger partial charge in [-0.2, -0.15) is 0 Å². The van der Waals surface area contributed by atoms with Gasteiger partial charge in [0.2, 0.25) is 0 Å². The molecule has 3 heteroatoms. The van der Waals surface area contributed by atoms with Crippen molar-refractivity contribution in [2.45, 2.75) is 50.6 Å². The maximum absolute atomic E-state index is 5.98. The van der Waals surface area contributed by atoms with Gasteiger partial charge in [-0.15, -0.1) is 0 Å². The SMILES string of the molecule is CCCNC1(CN)CCN2CCCC2C1. The van der Waals surface area contributed by atoms with E-state index in [-0.39, 0.29) is 5.54 Å². The summed E-state index contributed by atoms with van der Waals surface area (Å²) in [4.78, 5) is 2.65. The van der Waals surface area contributed by atoms with Crippen LogP contribution >= 0.6 is 0 Å². The summed E-state index contributed by atoms with van der Waals surface area (Å²) in [6.45, 7) is 6.71. The molecule has 0 aliphatic carbocycles. The number of hydrogen-bond acceptors (Lipinski definition) is 3. The first kappa shape index (κ1) is 11.4. The molecule has 2 heterocycles. The van der Waals surface area contributed by atoms with Crippen LogP contribution in [0.5, 0.6) is 0 Å². The predicted molar refractivity (Wildman–Crippen MR) is 63.9 cm³/mol. The molecule has 0 aromatic rings. The average molecular weight is 211 g/mol. The van der Waals surface area contributed by atoms with Crippen LogP contribution in [0.2, 0.25) is 0 Å². The molecule has 3 N–H and O–H groups in total. The Morgan fingerprint density at radius 1 is 1.47 bits per heavy atom. The lowest BCUT2D eigenvalue weighted by Crippen LogP contribution is -2.59. The Bertz CT molecular complexity index is 207. The molecule has 2 rings (SSSR count). The third kappa shape index (κ3) is 2.35. The van der Waals surface area contributed by atoms with E-state index >= 15 is 0 Å². The van der Waals surface area contributed by atoms with Crippen LogP contribution < -0.4 is 11.1 Å². The van der Waals surface area contributed by atoms with Gasteiger partial charge in [-0.1, -0.05) is 6.92 Å². The molecule has 0 amide bonds. The van der Waals surface area contributed by atoms with Crippen molar-refractivity contribution in [3.8, 4) is 0 Å². The third-order valence-corrected chi connectivity index (χ3v) is 4.14. The molecule has 0 bridgehead atoms. The first-order valence-corrected chi connectivity index (χ1v) is 6.49. The van der Waals surface area contributed by atoms with Gasteiger partial charge < -0.3 is 16.0 Å². The Morgan fingerprint density at radius 3 is 3.07 bits per heavy atom. The van der Waals surface area contributed by atoms with Gasteiger partial charge in [-0.3, -0.25) is 0 Å². The van der Waals surface area contributed by atoms with Crippen LogP contribution in [0, 0.1) is 0 Å². The van der Waals surface area contributed by atoms with Crippen LogP contribution in [-0.4, -0.2) is 42.7 Å². The maximum atomic E-state index is 5.98. The lowest BCUT2D eigenvalue weighted by atomic mass is 9.83. The van der Waals surface area contributed by atoms with Crippen LogP contribution in [0.15, 0.2) is 0 Å². The standard InChI is InChI=1S/C12H25N3/c1-2-6-14-12(10-13)5-8-15-7-3-4-11(15)9-12/h11,14H,2-10,13H2,1H3. The molecule has 0 spiro atoms. The van der Waals surface area contributed by atoms with Crippen molar-refractivity contribution in [1.29, 1.82) is 0 Å². The molecule has 0 aromatic carbocycles. The number of nitrogens with zero attached hydrogens (tertiary/aromatic N) is 1. The molecule has 2 saturated heterocycles. The van der Waals surface area contributed by atoms with E-state index in [9.17, 15) is 0 Å². The topological polar surface area (TPSA) is 41.3 Å². The van der Waals surface area contributed by atoms with Crippen molar-refractivity contribution in [1.82, 2.24) is 10.2 Å². The van der Waals surface area contributed by atoms with Gasteiger partial charge in [0, 0.05) is 24.7 Å². The molecule has 88 valence electrons. The normalized spacial score (nSPS) is 36.8. The molecule has 0 aromatic heterocycles. The summed E-state index contributed by atoms with van der Waals surface area (Å²) in [6, 6.07) is 0.812. The summed E-state index contributed by atoms with van der Waals surface area (Å²) < 4.78 is 0. The van der Waals surface area contributed by atoms with Crippen molar-refractivity contribution >= 4 is 0 Å².